The third-order valence-corrected chi connectivity index (χ3v) is 3.14. The molecule has 0 aliphatic heterocycles. The molecular weight excluding hydrogens is 275 g/mol. The molecule has 0 N–H and O–H groups in total. The lowest BCUT2D eigenvalue weighted by molar-refractivity contribution is 0.0890. The molecule has 0 unspecified atom stereocenters. The van der Waals surface area contributed by atoms with Crippen LogP contribution in [0.15, 0.2) is 28.7 Å². The number of hydrogen-bond donors (Lipinski definition) is 0. The Morgan fingerprint density at radius 1 is 1.24 bits per heavy atom. The van der Waals surface area contributed by atoms with Crippen molar-refractivity contribution in [2.75, 3.05) is 7.11 Å². The molecule has 0 aliphatic rings. The van der Waals surface area contributed by atoms with Crippen molar-refractivity contribution in [2.24, 2.45) is 0 Å². The van der Waals surface area contributed by atoms with E-state index in [9.17, 15) is 14.0 Å². The number of Topliss-reactive ketones (excluding diaryl/α,β-unsaturated/α-hetero) is 2. The molecule has 2 aromatic rings. The van der Waals surface area contributed by atoms with Crippen LogP contribution in [0, 0.1) is 19.7 Å². The predicted molar refractivity (Wildman–Crippen MR) is 74.4 cm³/mol. The molecule has 0 fully saturated rings. The number of halogens is 1. The third-order valence-electron chi connectivity index (χ3n) is 3.14. The van der Waals surface area contributed by atoms with Gasteiger partial charge < -0.3 is 9.15 Å². The highest BCUT2D eigenvalue weighted by molar-refractivity contribution is 6.14. The highest BCUT2D eigenvalue weighted by Crippen LogP contribution is 2.24. The van der Waals surface area contributed by atoms with Gasteiger partial charge in [0.15, 0.2) is 11.6 Å². The number of ketones is 2. The van der Waals surface area contributed by atoms with Crippen LogP contribution in [-0.2, 0) is 0 Å². The van der Waals surface area contributed by atoms with Crippen molar-refractivity contribution < 1.29 is 23.1 Å². The Balaban J connectivity index is 2.26. The lowest BCUT2D eigenvalue weighted by Crippen LogP contribution is -2.11. The molecule has 110 valence electrons. The van der Waals surface area contributed by atoms with Crippen LogP contribution in [0.4, 0.5) is 4.39 Å². The average Bonchev–Trinajstić information content (AvgIpc) is 2.77. The summed E-state index contributed by atoms with van der Waals surface area (Å²) in [7, 11) is 1.34. The van der Waals surface area contributed by atoms with Gasteiger partial charge in [-0.05, 0) is 32.0 Å². The summed E-state index contributed by atoms with van der Waals surface area (Å²) in [5, 5.41) is 0. The second-order valence-electron chi connectivity index (χ2n) is 4.67. The average molecular weight is 290 g/mol. The van der Waals surface area contributed by atoms with E-state index in [1.54, 1.807) is 19.9 Å². The van der Waals surface area contributed by atoms with Crippen molar-refractivity contribution in [1.82, 2.24) is 0 Å². The van der Waals surface area contributed by atoms with Crippen LogP contribution in [-0.4, -0.2) is 18.7 Å². The molecule has 0 spiro atoms. The van der Waals surface area contributed by atoms with Crippen LogP contribution < -0.4 is 4.74 Å². The molecular formula is C16H15FO4. The second-order valence-corrected chi connectivity index (χ2v) is 4.67. The van der Waals surface area contributed by atoms with Gasteiger partial charge in [0.1, 0.15) is 23.1 Å². The van der Waals surface area contributed by atoms with Gasteiger partial charge in [-0.3, -0.25) is 9.59 Å². The van der Waals surface area contributed by atoms with Gasteiger partial charge in [-0.1, -0.05) is 6.07 Å². The number of ether oxygens (including phenoxy) is 1. The zero-order valence-corrected chi connectivity index (χ0v) is 12.0. The first-order chi connectivity index (χ1) is 9.93. The SMILES string of the molecule is COc1cccc(F)c1C(=O)CC(=O)c1cc(C)oc1C. The van der Waals surface area contributed by atoms with E-state index in [4.69, 9.17) is 9.15 Å². The van der Waals surface area contributed by atoms with Crippen LogP contribution in [0.1, 0.15) is 38.7 Å². The molecule has 0 saturated heterocycles. The number of furan rings is 1. The quantitative estimate of drug-likeness (QED) is 0.624. The van der Waals surface area contributed by atoms with E-state index in [1.807, 2.05) is 0 Å². The summed E-state index contributed by atoms with van der Waals surface area (Å²) in [4.78, 5) is 24.3. The molecule has 1 aromatic heterocycles. The van der Waals surface area contributed by atoms with Gasteiger partial charge in [0, 0.05) is 0 Å². The van der Waals surface area contributed by atoms with Crippen LogP contribution in [0.25, 0.3) is 0 Å². The van der Waals surface area contributed by atoms with Crippen molar-refractivity contribution in [1.29, 1.82) is 0 Å². The number of aryl methyl sites for hydroxylation is 2. The maximum absolute atomic E-state index is 13.8. The van der Waals surface area contributed by atoms with Crippen molar-refractivity contribution in [3.8, 4) is 5.75 Å². The molecule has 21 heavy (non-hydrogen) atoms. The first kappa shape index (κ1) is 15.0. The van der Waals surface area contributed by atoms with E-state index in [-0.39, 0.29) is 11.3 Å². The predicted octanol–water partition coefficient (Wildman–Crippen LogP) is 3.50. The maximum atomic E-state index is 13.8. The van der Waals surface area contributed by atoms with E-state index in [2.05, 4.69) is 0 Å². The fourth-order valence-electron chi connectivity index (χ4n) is 2.18. The van der Waals surface area contributed by atoms with Crippen molar-refractivity contribution in [3.63, 3.8) is 0 Å². The summed E-state index contributed by atoms with van der Waals surface area (Å²) >= 11 is 0. The first-order valence-corrected chi connectivity index (χ1v) is 6.40. The normalized spacial score (nSPS) is 10.5. The molecule has 5 heteroatoms. The van der Waals surface area contributed by atoms with Crippen molar-refractivity contribution in [3.05, 3.63) is 52.7 Å². The molecule has 0 saturated carbocycles. The lowest BCUT2D eigenvalue weighted by Gasteiger charge is -2.08. The van der Waals surface area contributed by atoms with Crippen molar-refractivity contribution >= 4 is 11.6 Å². The monoisotopic (exact) mass is 290 g/mol. The fourth-order valence-corrected chi connectivity index (χ4v) is 2.18. The number of hydrogen-bond acceptors (Lipinski definition) is 4. The fraction of sp³-hybridized carbons (Fsp3) is 0.250. The van der Waals surface area contributed by atoms with Gasteiger partial charge in [-0.25, -0.2) is 4.39 Å². The minimum Gasteiger partial charge on any atom is -0.496 e. The van der Waals surface area contributed by atoms with Gasteiger partial charge in [0.2, 0.25) is 0 Å². The van der Waals surface area contributed by atoms with Gasteiger partial charge in [-0.15, -0.1) is 0 Å². The largest absolute Gasteiger partial charge is 0.496 e. The summed E-state index contributed by atoms with van der Waals surface area (Å²) in [6.07, 6.45) is -0.433. The maximum Gasteiger partial charge on any atom is 0.177 e. The Morgan fingerprint density at radius 2 is 1.95 bits per heavy atom. The molecule has 1 heterocycles. The standard InChI is InChI=1S/C16H15FO4/c1-9-7-11(10(2)21-9)13(18)8-14(19)16-12(17)5-4-6-15(16)20-3/h4-7H,8H2,1-3H3. The summed E-state index contributed by atoms with van der Waals surface area (Å²) < 4.78 is 24.0. The number of benzene rings is 1. The van der Waals surface area contributed by atoms with Gasteiger partial charge in [0.25, 0.3) is 0 Å². The highest BCUT2D eigenvalue weighted by atomic mass is 19.1. The van der Waals surface area contributed by atoms with Gasteiger partial charge in [-0.2, -0.15) is 0 Å². The smallest absolute Gasteiger partial charge is 0.177 e. The van der Waals surface area contributed by atoms with E-state index in [0.717, 1.165) is 6.07 Å². The number of carbonyl (C=O) groups is 2. The Labute approximate surface area is 121 Å². The first-order valence-electron chi connectivity index (χ1n) is 6.40. The highest BCUT2D eigenvalue weighted by Gasteiger charge is 2.22. The van der Waals surface area contributed by atoms with Gasteiger partial charge >= 0.3 is 0 Å². The van der Waals surface area contributed by atoms with Crippen LogP contribution in [0.3, 0.4) is 0 Å². The lowest BCUT2D eigenvalue weighted by atomic mass is 10.0. The minimum atomic E-state index is -0.702. The Hall–Kier alpha value is -2.43. The minimum absolute atomic E-state index is 0.118. The topological polar surface area (TPSA) is 56.5 Å². The van der Waals surface area contributed by atoms with Gasteiger partial charge in [0.05, 0.1) is 24.7 Å². The second kappa shape index (κ2) is 5.91. The number of methoxy groups -OCH3 is 1. The van der Waals surface area contributed by atoms with E-state index in [0.29, 0.717) is 17.1 Å². The summed E-state index contributed by atoms with van der Waals surface area (Å²) in [5.74, 6) is -0.564. The Kier molecular flexibility index (Phi) is 4.21. The molecule has 1 aromatic carbocycles. The summed E-state index contributed by atoms with van der Waals surface area (Å²) in [5.41, 5.74) is 0.141. The third kappa shape index (κ3) is 3.02. The Bertz CT molecular complexity index is 700. The van der Waals surface area contributed by atoms with Crippen LogP contribution >= 0.6 is 0 Å². The van der Waals surface area contributed by atoms with E-state index >= 15 is 0 Å². The zero-order valence-electron chi connectivity index (χ0n) is 12.0. The van der Waals surface area contributed by atoms with E-state index < -0.39 is 23.8 Å². The molecule has 0 bridgehead atoms. The molecule has 0 atom stereocenters. The zero-order chi connectivity index (χ0) is 15.6. The van der Waals surface area contributed by atoms with Crippen LogP contribution in [0.5, 0.6) is 5.75 Å². The summed E-state index contributed by atoms with van der Waals surface area (Å²) in [6, 6.07) is 5.65. The molecule has 0 radical (unpaired) electrons. The van der Waals surface area contributed by atoms with Crippen LogP contribution in [0.2, 0.25) is 0 Å². The number of carbonyl (C=O) groups excluding carboxylic acids is 2. The molecule has 4 nitrogen and oxygen atoms in total. The molecule has 0 amide bonds. The summed E-state index contributed by atoms with van der Waals surface area (Å²) in [6.45, 7) is 3.36. The van der Waals surface area contributed by atoms with E-state index in [1.165, 1.54) is 19.2 Å². The Morgan fingerprint density at radius 3 is 2.52 bits per heavy atom. The van der Waals surface area contributed by atoms with Crippen molar-refractivity contribution in [2.45, 2.75) is 20.3 Å². The number of rotatable bonds is 5. The molecule has 2 rings (SSSR count). The molecule has 0 aliphatic carbocycles.